The van der Waals surface area contributed by atoms with Crippen molar-refractivity contribution in [3.05, 3.63) is 230 Å². The maximum absolute atomic E-state index is 6.62. The molecule has 0 fully saturated rings. The Kier molecular flexibility index (Phi) is 8.84. The third-order valence-electron chi connectivity index (χ3n) is 13.1. The third-order valence-corrected chi connectivity index (χ3v) is 13.1. The summed E-state index contributed by atoms with van der Waals surface area (Å²) in [6.45, 7) is 4.65. The van der Waals surface area contributed by atoms with Crippen LogP contribution >= 0.6 is 0 Å². The Morgan fingerprint density at radius 3 is 1.66 bits per heavy atom. The van der Waals surface area contributed by atoms with Gasteiger partial charge in [-0.15, -0.1) is 0 Å². The maximum atomic E-state index is 6.62. The Labute approximate surface area is 373 Å². The van der Waals surface area contributed by atoms with E-state index >= 15 is 0 Å². The monoisotopic (exact) mass is 818 g/mol. The largest absolute Gasteiger partial charge is 0.455 e. The van der Waals surface area contributed by atoms with Crippen molar-refractivity contribution in [2.24, 2.45) is 0 Å². The number of aromatic nitrogens is 2. The van der Waals surface area contributed by atoms with Crippen molar-refractivity contribution in [1.82, 2.24) is 9.97 Å². The number of nitrogens with zero attached hydrogens (tertiary/aromatic N) is 2. The van der Waals surface area contributed by atoms with E-state index in [9.17, 15) is 0 Å². The Morgan fingerprint density at radius 2 is 0.844 bits per heavy atom. The van der Waals surface area contributed by atoms with Gasteiger partial charge in [-0.3, -0.25) is 0 Å². The number of para-hydroxylation sites is 2. The molecule has 1 aliphatic rings. The lowest BCUT2D eigenvalue weighted by Crippen LogP contribution is -2.14. The molecule has 0 spiro atoms. The molecule has 0 atom stereocenters. The lowest BCUT2D eigenvalue weighted by Gasteiger charge is -2.21. The number of hydrogen-bond donors (Lipinski definition) is 0. The first-order valence-electron chi connectivity index (χ1n) is 22.0. The van der Waals surface area contributed by atoms with Gasteiger partial charge in [0.05, 0.1) is 11.4 Å². The molecular weight excluding hydrogens is 777 g/mol. The topological polar surface area (TPSA) is 38.9 Å². The normalized spacial score (nSPS) is 12.7. The molecule has 2 aromatic heterocycles. The first kappa shape index (κ1) is 37.6. The van der Waals surface area contributed by atoms with E-state index < -0.39 is 0 Å². The molecule has 2 heterocycles. The van der Waals surface area contributed by atoms with Crippen LogP contribution in [0.15, 0.2) is 223 Å². The van der Waals surface area contributed by atoms with E-state index in [1.54, 1.807) is 0 Å². The van der Waals surface area contributed by atoms with Gasteiger partial charge in [-0.2, -0.15) is 0 Å². The van der Waals surface area contributed by atoms with Gasteiger partial charge >= 0.3 is 0 Å². The molecule has 12 rings (SSSR count). The average molecular weight is 819 g/mol. The van der Waals surface area contributed by atoms with Crippen LogP contribution in [0.3, 0.4) is 0 Å². The highest BCUT2D eigenvalue weighted by Gasteiger charge is 2.35. The molecule has 0 saturated heterocycles. The molecular formula is C61H42N2O. The van der Waals surface area contributed by atoms with Gasteiger partial charge in [0.1, 0.15) is 11.2 Å². The molecule has 3 heteroatoms. The predicted octanol–water partition coefficient (Wildman–Crippen LogP) is 16.4. The summed E-state index contributed by atoms with van der Waals surface area (Å²) in [5.41, 5.74) is 20.8. The van der Waals surface area contributed by atoms with Crippen LogP contribution in [0.25, 0.3) is 111 Å². The summed E-state index contributed by atoms with van der Waals surface area (Å²) >= 11 is 0. The van der Waals surface area contributed by atoms with E-state index in [2.05, 4.69) is 202 Å². The molecule has 9 aromatic carbocycles. The molecule has 0 bridgehead atoms. The predicted molar refractivity (Wildman–Crippen MR) is 265 cm³/mol. The summed E-state index contributed by atoms with van der Waals surface area (Å²) in [4.78, 5) is 10.6. The van der Waals surface area contributed by atoms with E-state index in [1.165, 1.54) is 38.9 Å². The van der Waals surface area contributed by atoms with Gasteiger partial charge in [-0.1, -0.05) is 190 Å². The molecule has 11 aromatic rings. The van der Waals surface area contributed by atoms with Crippen LogP contribution in [0, 0.1) is 0 Å². The summed E-state index contributed by atoms with van der Waals surface area (Å²) < 4.78 is 6.62. The second-order valence-electron chi connectivity index (χ2n) is 17.4. The Bertz CT molecular complexity index is 3560. The van der Waals surface area contributed by atoms with Crippen LogP contribution in [-0.4, -0.2) is 9.97 Å². The molecule has 0 unspecified atom stereocenters. The highest BCUT2D eigenvalue weighted by Crippen LogP contribution is 2.49. The fraction of sp³-hybridized carbons (Fsp3) is 0.0492. The van der Waals surface area contributed by atoms with Crippen LogP contribution in [-0.2, 0) is 5.41 Å². The van der Waals surface area contributed by atoms with Crippen molar-refractivity contribution in [3.8, 4) is 89.5 Å². The molecule has 0 radical (unpaired) electrons. The minimum atomic E-state index is -0.0251. The summed E-state index contributed by atoms with van der Waals surface area (Å²) in [5, 5.41) is 2.20. The quantitative estimate of drug-likeness (QED) is 0.161. The zero-order valence-electron chi connectivity index (χ0n) is 35.6. The molecule has 0 saturated carbocycles. The van der Waals surface area contributed by atoms with Crippen LogP contribution in [0.4, 0.5) is 0 Å². The number of hydrogen-bond acceptors (Lipinski definition) is 3. The summed E-state index contributed by atoms with van der Waals surface area (Å²) in [6.07, 6.45) is 0. The fourth-order valence-electron chi connectivity index (χ4n) is 9.77. The van der Waals surface area contributed by atoms with Gasteiger partial charge < -0.3 is 4.42 Å². The van der Waals surface area contributed by atoms with Crippen molar-refractivity contribution >= 4 is 21.9 Å². The van der Waals surface area contributed by atoms with Gasteiger partial charge in [0.25, 0.3) is 0 Å². The van der Waals surface area contributed by atoms with Crippen LogP contribution in [0.5, 0.6) is 0 Å². The lowest BCUT2D eigenvalue weighted by molar-refractivity contribution is 0.660. The molecule has 1 aliphatic carbocycles. The summed E-state index contributed by atoms with van der Waals surface area (Å²) in [6, 6.07) is 77.9. The van der Waals surface area contributed by atoms with Gasteiger partial charge in [-0.25, -0.2) is 9.97 Å². The van der Waals surface area contributed by atoms with Gasteiger partial charge in [-0.05, 0) is 104 Å². The van der Waals surface area contributed by atoms with Crippen LogP contribution < -0.4 is 0 Å². The smallest absolute Gasteiger partial charge is 0.160 e. The number of benzene rings is 9. The minimum Gasteiger partial charge on any atom is -0.455 e. The molecule has 0 amide bonds. The Balaban J connectivity index is 1.01. The molecule has 0 N–H and O–H groups in total. The van der Waals surface area contributed by atoms with Crippen molar-refractivity contribution in [2.75, 3.05) is 0 Å². The zero-order chi connectivity index (χ0) is 42.8. The minimum absolute atomic E-state index is 0.0251. The number of rotatable bonds is 7. The Morgan fingerprint density at radius 1 is 0.328 bits per heavy atom. The van der Waals surface area contributed by atoms with Crippen molar-refractivity contribution in [2.45, 2.75) is 19.3 Å². The van der Waals surface area contributed by atoms with Crippen molar-refractivity contribution in [1.29, 1.82) is 0 Å². The number of furan rings is 1. The highest BCUT2D eigenvalue weighted by molar-refractivity contribution is 6.10. The van der Waals surface area contributed by atoms with E-state index in [0.717, 1.165) is 77.8 Å². The summed E-state index contributed by atoms with van der Waals surface area (Å²) in [5.74, 6) is 0.675. The molecule has 302 valence electrons. The third kappa shape index (κ3) is 6.44. The maximum Gasteiger partial charge on any atom is 0.160 e. The van der Waals surface area contributed by atoms with Crippen LogP contribution in [0.1, 0.15) is 25.0 Å². The number of fused-ring (bicyclic) bond motifs is 6. The zero-order valence-corrected chi connectivity index (χ0v) is 35.6. The first-order chi connectivity index (χ1) is 31.4. The molecule has 64 heavy (non-hydrogen) atoms. The Hall–Kier alpha value is -8.14. The van der Waals surface area contributed by atoms with Gasteiger partial charge in [0, 0.05) is 38.4 Å². The van der Waals surface area contributed by atoms with Crippen molar-refractivity contribution < 1.29 is 4.42 Å². The van der Waals surface area contributed by atoms with E-state index in [-0.39, 0.29) is 5.41 Å². The van der Waals surface area contributed by atoms with Gasteiger partial charge in [0.15, 0.2) is 5.82 Å². The second kappa shape index (κ2) is 15.0. The van der Waals surface area contributed by atoms with E-state index in [1.807, 2.05) is 30.3 Å². The van der Waals surface area contributed by atoms with E-state index in [4.69, 9.17) is 14.4 Å². The average Bonchev–Trinajstić information content (AvgIpc) is 3.86. The lowest BCUT2D eigenvalue weighted by atomic mass is 9.82. The summed E-state index contributed by atoms with van der Waals surface area (Å²) in [7, 11) is 0. The van der Waals surface area contributed by atoms with E-state index in [0.29, 0.717) is 5.82 Å². The van der Waals surface area contributed by atoms with Crippen LogP contribution in [0.2, 0.25) is 0 Å². The second-order valence-corrected chi connectivity index (χ2v) is 17.4. The molecule has 0 aliphatic heterocycles. The van der Waals surface area contributed by atoms with Crippen molar-refractivity contribution in [3.63, 3.8) is 0 Å². The SMILES string of the molecule is CC1(C)c2ccccc2-c2cc(-c3ccc(-c4cc(-c5cc(-c6cccc(-c7ccccc7)c6)cc(-c6cccc7c6oc6ccccc67)c5)nc(-c5ccccc5)n4)cc3)ccc21. The van der Waals surface area contributed by atoms with Gasteiger partial charge in [0.2, 0.25) is 0 Å². The molecule has 3 nitrogen and oxygen atoms in total. The standard InChI is InChI=1S/C61H42N2O/c1-61(2)54-25-11-9-21-50(54)53-37-45(31-32-55(53)61)40-27-29-41(30-28-40)56-38-57(63-60(62-56)42-17-7-4-8-18-42)48-35-46(44-20-13-19-43(33-44)39-15-5-3-6-16-39)34-47(36-48)49-23-14-24-52-51-22-10-12-26-58(51)64-59(49)52/h3-38H,1-2H3. The fourth-order valence-corrected chi connectivity index (χ4v) is 9.77. The highest BCUT2D eigenvalue weighted by atomic mass is 16.3. The first-order valence-corrected chi connectivity index (χ1v) is 22.0.